The molecule has 0 radical (unpaired) electrons. The van der Waals surface area contributed by atoms with Crippen LogP contribution in [0, 0.1) is 0 Å². The SMILES string of the molecule is Nc1ccc(-c2ccccn2)c(Nc2ccc(C(F)(F)F)cc2)c1. The summed E-state index contributed by atoms with van der Waals surface area (Å²) in [6.07, 6.45) is -2.68. The van der Waals surface area contributed by atoms with E-state index in [1.165, 1.54) is 12.1 Å². The molecule has 2 aromatic carbocycles. The quantitative estimate of drug-likeness (QED) is 0.658. The third kappa shape index (κ3) is 3.48. The minimum atomic E-state index is -4.35. The molecular weight excluding hydrogens is 315 g/mol. The Morgan fingerprint density at radius 3 is 2.29 bits per heavy atom. The monoisotopic (exact) mass is 329 g/mol. The lowest BCUT2D eigenvalue weighted by Gasteiger charge is -2.14. The van der Waals surface area contributed by atoms with Crippen LogP contribution in [-0.2, 0) is 6.18 Å². The number of nitrogens with one attached hydrogen (secondary N) is 1. The first-order chi connectivity index (χ1) is 11.4. The summed E-state index contributed by atoms with van der Waals surface area (Å²) in [7, 11) is 0. The van der Waals surface area contributed by atoms with Crippen LogP contribution in [0.1, 0.15) is 5.56 Å². The molecule has 0 spiro atoms. The largest absolute Gasteiger partial charge is 0.416 e. The summed E-state index contributed by atoms with van der Waals surface area (Å²) in [6, 6.07) is 15.7. The van der Waals surface area contributed by atoms with Crippen molar-refractivity contribution in [2.75, 3.05) is 11.1 Å². The summed E-state index contributed by atoms with van der Waals surface area (Å²) < 4.78 is 37.9. The molecule has 0 saturated heterocycles. The van der Waals surface area contributed by atoms with Crippen LogP contribution in [0.5, 0.6) is 0 Å². The molecule has 6 heteroatoms. The van der Waals surface area contributed by atoms with Crippen molar-refractivity contribution in [1.29, 1.82) is 0 Å². The molecule has 0 aliphatic heterocycles. The predicted octanol–water partition coefficient (Wildman–Crippen LogP) is 5.09. The van der Waals surface area contributed by atoms with Gasteiger partial charge in [0.15, 0.2) is 0 Å². The van der Waals surface area contributed by atoms with Crippen molar-refractivity contribution in [3.05, 3.63) is 72.4 Å². The third-order valence-corrected chi connectivity index (χ3v) is 3.48. The molecular formula is C18H14F3N3. The Hall–Kier alpha value is -3.02. The number of aromatic nitrogens is 1. The fraction of sp³-hybridized carbons (Fsp3) is 0.0556. The number of rotatable bonds is 3. The number of halogens is 3. The second-order valence-corrected chi connectivity index (χ2v) is 5.22. The van der Waals surface area contributed by atoms with E-state index in [0.29, 0.717) is 17.1 Å². The molecule has 0 aliphatic rings. The van der Waals surface area contributed by atoms with E-state index in [1.54, 1.807) is 18.3 Å². The molecule has 0 amide bonds. The smallest absolute Gasteiger partial charge is 0.399 e. The molecule has 0 fully saturated rings. The van der Waals surface area contributed by atoms with Crippen molar-refractivity contribution < 1.29 is 13.2 Å². The van der Waals surface area contributed by atoms with Crippen LogP contribution in [0.25, 0.3) is 11.3 Å². The van der Waals surface area contributed by atoms with Gasteiger partial charge in [-0.2, -0.15) is 13.2 Å². The lowest BCUT2D eigenvalue weighted by molar-refractivity contribution is -0.137. The number of nitrogens with zero attached hydrogens (tertiary/aromatic N) is 1. The molecule has 0 bridgehead atoms. The molecule has 0 atom stereocenters. The van der Waals surface area contributed by atoms with E-state index >= 15 is 0 Å². The summed E-state index contributed by atoms with van der Waals surface area (Å²) >= 11 is 0. The van der Waals surface area contributed by atoms with E-state index in [4.69, 9.17) is 5.73 Å². The Morgan fingerprint density at radius 1 is 0.917 bits per heavy atom. The van der Waals surface area contributed by atoms with Crippen molar-refractivity contribution in [3.63, 3.8) is 0 Å². The summed E-state index contributed by atoms with van der Waals surface area (Å²) in [4.78, 5) is 4.30. The van der Waals surface area contributed by atoms with Gasteiger partial charge in [0, 0.05) is 28.8 Å². The molecule has 3 aromatic rings. The highest BCUT2D eigenvalue weighted by Crippen LogP contribution is 2.33. The second kappa shape index (κ2) is 6.23. The fourth-order valence-electron chi connectivity index (χ4n) is 2.31. The van der Waals surface area contributed by atoms with Gasteiger partial charge >= 0.3 is 6.18 Å². The van der Waals surface area contributed by atoms with Crippen LogP contribution in [0.4, 0.5) is 30.2 Å². The number of anilines is 3. The Morgan fingerprint density at radius 2 is 1.67 bits per heavy atom. The third-order valence-electron chi connectivity index (χ3n) is 3.48. The molecule has 0 aliphatic carbocycles. The first-order valence-electron chi connectivity index (χ1n) is 7.19. The Labute approximate surface area is 137 Å². The zero-order valence-electron chi connectivity index (χ0n) is 12.5. The lowest BCUT2D eigenvalue weighted by Crippen LogP contribution is -2.04. The predicted molar refractivity (Wildman–Crippen MR) is 88.8 cm³/mol. The molecule has 122 valence electrons. The van der Waals surface area contributed by atoms with Gasteiger partial charge in [-0.25, -0.2) is 0 Å². The highest BCUT2D eigenvalue weighted by atomic mass is 19.4. The van der Waals surface area contributed by atoms with Crippen LogP contribution < -0.4 is 11.1 Å². The van der Waals surface area contributed by atoms with Gasteiger partial charge < -0.3 is 11.1 Å². The fourth-order valence-corrected chi connectivity index (χ4v) is 2.31. The van der Waals surface area contributed by atoms with Gasteiger partial charge in [0.1, 0.15) is 0 Å². The zero-order valence-corrected chi connectivity index (χ0v) is 12.5. The molecule has 3 rings (SSSR count). The Balaban J connectivity index is 1.94. The second-order valence-electron chi connectivity index (χ2n) is 5.22. The van der Waals surface area contributed by atoms with Crippen molar-refractivity contribution in [2.45, 2.75) is 6.18 Å². The van der Waals surface area contributed by atoms with E-state index in [9.17, 15) is 13.2 Å². The van der Waals surface area contributed by atoms with Crippen LogP contribution in [0.15, 0.2) is 66.9 Å². The van der Waals surface area contributed by atoms with Gasteiger partial charge in [0.25, 0.3) is 0 Å². The van der Waals surface area contributed by atoms with Gasteiger partial charge in [-0.15, -0.1) is 0 Å². The lowest BCUT2D eigenvalue weighted by atomic mass is 10.1. The minimum Gasteiger partial charge on any atom is -0.399 e. The van der Waals surface area contributed by atoms with Crippen molar-refractivity contribution in [3.8, 4) is 11.3 Å². The first kappa shape index (κ1) is 15.9. The number of alkyl halides is 3. The summed E-state index contributed by atoms with van der Waals surface area (Å²) in [5.41, 5.74) is 8.45. The highest BCUT2D eigenvalue weighted by molar-refractivity contribution is 5.81. The molecule has 3 N–H and O–H groups in total. The maximum atomic E-state index is 12.6. The van der Waals surface area contributed by atoms with Gasteiger partial charge in [0.2, 0.25) is 0 Å². The number of hydrogen-bond acceptors (Lipinski definition) is 3. The van der Waals surface area contributed by atoms with E-state index < -0.39 is 11.7 Å². The molecule has 0 unspecified atom stereocenters. The van der Waals surface area contributed by atoms with Gasteiger partial charge in [-0.3, -0.25) is 4.98 Å². The van der Waals surface area contributed by atoms with Crippen LogP contribution in [-0.4, -0.2) is 4.98 Å². The molecule has 1 heterocycles. The molecule has 1 aromatic heterocycles. The van der Waals surface area contributed by atoms with E-state index in [0.717, 1.165) is 23.4 Å². The molecule has 24 heavy (non-hydrogen) atoms. The topological polar surface area (TPSA) is 50.9 Å². The van der Waals surface area contributed by atoms with Crippen molar-refractivity contribution >= 4 is 17.1 Å². The Kier molecular flexibility index (Phi) is 4.12. The zero-order chi connectivity index (χ0) is 17.2. The van der Waals surface area contributed by atoms with Gasteiger partial charge in [0.05, 0.1) is 11.3 Å². The van der Waals surface area contributed by atoms with E-state index in [1.807, 2.05) is 24.3 Å². The minimum absolute atomic E-state index is 0.533. The summed E-state index contributed by atoms with van der Waals surface area (Å²) in [5, 5.41) is 3.10. The molecule has 3 nitrogen and oxygen atoms in total. The average Bonchev–Trinajstić information content (AvgIpc) is 2.55. The standard InChI is InChI=1S/C18H14F3N3/c19-18(20,21)12-4-7-14(8-5-12)24-17-11-13(22)6-9-15(17)16-3-1-2-10-23-16/h1-11,24H,22H2. The number of nitrogens with two attached hydrogens (primary N) is 1. The van der Waals surface area contributed by atoms with Gasteiger partial charge in [-0.05, 0) is 54.6 Å². The Bertz CT molecular complexity index is 828. The normalized spacial score (nSPS) is 11.3. The number of hydrogen-bond donors (Lipinski definition) is 2. The number of benzene rings is 2. The molecule has 0 saturated carbocycles. The van der Waals surface area contributed by atoms with E-state index in [2.05, 4.69) is 10.3 Å². The highest BCUT2D eigenvalue weighted by Gasteiger charge is 2.29. The van der Waals surface area contributed by atoms with Crippen molar-refractivity contribution in [1.82, 2.24) is 4.98 Å². The number of nitrogen functional groups attached to an aromatic ring is 1. The maximum Gasteiger partial charge on any atom is 0.416 e. The van der Waals surface area contributed by atoms with Gasteiger partial charge in [-0.1, -0.05) is 6.07 Å². The van der Waals surface area contributed by atoms with E-state index in [-0.39, 0.29) is 0 Å². The maximum absolute atomic E-state index is 12.6. The number of pyridine rings is 1. The summed E-state index contributed by atoms with van der Waals surface area (Å²) in [5.74, 6) is 0. The van der Waals surface area contributed by atoms with Crippen LogP contribution >= 0.6 is 0 Å². The summed E-state index contributed by atoms with van der Waals surface area (Å²) in [6.45, 7) is 0. The average molecular weight is 329 g/mol. The first-order valence-corrected chi connectivity index (χ1v) is 7.19. The van der Waals surface area contributed by atoms with Crippen LogP contribution in [0.2, 0.25) is 0 Å². The van der Waals surface area contributed by atoms with Crippen LogP contribution in [0.3, 0.4) is 0 Å². The van der Waals surface area contributed by atoms with Crippen molar-refractivity contribution in [2.24, 2.45) is 0 Å².